The van der Waals surface area contributed by atoms with E-state index in [0.29, 0.717) is 12.6 Å². The smallest absolute Gasteiger partial charge is 0.237 e. The molecule has 2 N–H and O–H groups in total. The first-order chi connectivity index (χ1) is 9.15. The van der Waals surface area contributed by atoms with Crippen molar-refractivity contribution in [2.75, 3.05) is 11.5 Å². The van der Waals surface area contributed by atoms with Gasteiger partial charge in [-0.3, -0.25) is 9.00 Å². The summed E-state index contributed by atoms with van der Waals surface area (Å²) >= 11 is 0. The molecule has 1 saturated heterocycles. The number of rotatable bonds is 5. The van der Waals surface area contributed by atoms with Crippen molar-refractivity contribution in [2.24, 2.45) is 0 Å². The molecule has 1 atom stereocenters. The van der Waals surface area contributed by atoms with Gasteiger partial charge in [-0.2, -0.15) is 0 Å². The zero-order valence-electron chi connectivity index (χ0n) is 11.1. The molecule has 2 rings (SSSR count). The first-order valence-corrected chi connectivity index (χ1v) is 8.05. The summed E-state index contributed by atoms with van der Waals surface area (Å²) in [5.41, 5.74) is 0. The van der Waals surface area contributed by atoms with Gasteiger partial charge in [0.25, 0.3) is 0 Å². The number of carbonyl (C=O) groups excluding carboxylic acids is 1. The Morgan fingerprint density at radius 2 is 2.26 bits per heavy atom. The van der Waals surface area contributed by atoms with Gasteiger partial charge in [-0.15, -0.1) is 0 Å². The van der Waals surface area contributed by atoms with E-state index >= 15 is 0 Å². The van der Waals surface area contributed by atoms with Crippen LogP contribution >= 0.6 is 0 Å². The summed E-state index contributed by atoms with van der Waals surface area (Å²) in [6, 6.07) is 3.67. The number of nitrogens with one attached hydrogen (secondary N) is 2. The lowest BCUT2D eigenvalue weighted by Crippen LogP contribution is -2.48. The summed E-state index contributed by atoms with van der Waals surface area (Å²) < 4.78 is 16.4. The molecule has 5 nitrogen and oxygen atoms in total. The number of hydrogen-bond acceptors (Lipinski definition) is 4. The van der Waals surface area contributed by atoms with E-state index in [1.54, 1.807) is 12.3 Å². The van der Waals surface area contributed by atoms with Crippen molar-refractivity contribution in [2.45, 2.75) is 38.4 Å². The standard InChI is InChI=1S/C13H20N2O3S/c1-10(15-11-4-7-19(17)8-5-11)13(16)14-9-12-3-2-6-18-12/h2-3,6,10-11,15H,4-5,7-9H2,1H3,(H,14,16). The maximum atomic E-state index is 11.9. The first-order valence-electron chi connectivity index (χ1n) is 6.56. The molecule has 6 heteroatoms. The molecule has 1 unspecified atom stereocenters. The molecule has 1 aliphatic rings. The Bertz CT molecular complexity index is 423. The van der Waals surface area contributed by atoms with E-state index in [-0.39, 0.29) is 11.9 Å². The Morgan fingerprint density at radius 1 is 1.53 bits per heavy atom. The topological polar surface area (TPSA) is 71.3 Å². The van der Waals surface area contributed by atoms with Crippen LogP contribution in [0.4, 0.5) is 0 Å². The number of furan rings is 1. The molecule has 0 bridgehead atoms. The lowest BCUT2D eigenvalue weighted by atomic mass is 10.1. The van der Waals surface area contributed by atoms with Gasteiger partial charge in [0, 0.05) is 28.3 Å². The number of carbonyl (C=O) groups is 1. The number of amides is 1. The van der Waals surface area contributed by atoms with Crippen molar-refractivity contribution in [3.05, 3.63) is 24.2 Å². The van der Waals surface area contributed by atoms with Crippen molar-refractivity contribution >= 4 is 16.7 Å². The Kier molecular flexibility index (Phi) is 5.15. The molecule has 1 fully saturated rings. The van der Waals surface area contributed by atoms with Crippen molar-refractivity contribution in [1.29, 1.82) is 0 Å². The van der Waals surface area contributed by atoms with E-state index < -0.39 is 10.8 Å². The summed E-state index contributed by atoms with van der Waals surface area (Å²) in [4.78, 5) is 11.9. The van der Waals surface area contributed by atoms with Crippen molar-refractivity contribution < 1.29 is 13.4 Å². The second-order valence-electron chi connectivity index (χ2n) is 4.81. The maximum absolute atomic E-state index is 11.9. The van der Waals surface area contributed by atoms with Crippen LogP contribution in [-0.4, -0.2) is 33.7 Å². The van der Waals surface area contributed by atoms with Crippen LogP contribution in [0.5, 0.6) is 0 Å². The SMILES string of the molecule is CC(NC1CCS(=O)CC1)C(=O)NCc1ccco1. The van der Waals surface area contributed by atoms with Crippen LogP contribution in [0, 0.1) is 0 Å². The molecule has 2 heterocycles. The number of hydrogen-bond donors (Lipinski definition) is 2. The second-order valence-corrected chi connectivity index (χ2v) is 6.50. The van der Waals surface area contributed by atoms with Gasteiger partial charge in [0.2, 0.25) is 5.91 Å². The van der Waals surface area contributed by atoms with Gasteiger partial charge in [0.05, 0.1) is 18.8 Å². The largest absolute Gasteiger partial charge is 0.467 e. The molecule has 0 spiro atoms. The van der Waals surface area contributed by atoms with Gasteiger partial charge in [0.15, 0.2) is 0 Å². The van der Waals surface area contributed by atoms with E-state index in [1.807, 2.05) is 13.0 Å². The summed E-state index contributed by atoms with van der Waals surface area (Å²) in [6.45, 7) is 2.26. The Morgan fingerprint density at radius 3 is 2.89 bits per heavy atom. The summed E-state index contributed by atoms with van der Waals surface area (Å²) in [5.74, 6) is 2.17. The quantitative estimate of drug-likeness (QED) is 0.838. The van der Waals surface area contributed by atoms with Gasteiger partial charge < -0.3 is 15.1 Å². The minimum atomic E-state index is -0.663. The van der Waals surface area contributed by atoms with Gasteiger partial charge >= 0.3 is 0 Å². The summed E-state index contributed by atoms with van der Waals surface area (Å²) in [5, 5.41) is 6.12. The van der Waals surface area contributed by atoms with Gasteiger partial charge in [-0.05, 0) is 31.9 Å². The Balaban J connectivity index is 1.71. The summed E-state index contributed by atoms with van der Waals surface area (Å²) in [7, 11) is -0.663. The van der Waals surface area contributed by atoms with E-state index in [1.165, 1.54) is 0 Å². The molecule has 1 aromatic heterocycles. The predicted molar refractivity (Wildman–Crippen MR) is 74.1 cm³/mol. The molecule has 0 aliphatic carbocycles. The molecule has 0 aromatic carbocycles. The molecule has 0 saturated carbocycles. The average Bonchev–Trinajstić information content (AvgIpc) is 2.91. The fourth-order valence-electron chi connectivity index (χ4n) is 2.13. The van der Waals surface area contributed by atoms with Crippen molar-refractivity contribution in [1.82, 2.24) is 10.6 Å². The Hall–Kier alpha value is -1.14. The average molecular weight is 284 g/mol. The predicted octanol–water partition coefficient (Wildman–Crippen LogP) is 0.785. The van der Waals surface area contributed by atoms with Crippen LogP contribution in [0.3, 0.4) is 0 Å². The zero-order chi connectivity index (χ0) is 13.7. The van der Waals surface area contributed by atoms with Gasteiger partial charge in [-0.1, -0.05) is 0 Å². The molecule has 1 aliphatic heterocycles. The molecule has 106 valence electrons. The van der Waals surface area contributed by atoms with Crippen LogP contribution in [0.2, 0.25) is 0 Å². The third kappa shape index (κ3) is 4.47. The highest BCUT2D eigenvalue weighted by molar-refractivity contribution is 7.85. The van der Waals surface area contributed by atoms with Crippen LogP contribution in [0.1, 0.15) is 25.5 Å². The van der Waals surface area contributed by atoms with E-state index in [0.717, 1.165) is 30.1 Å². The normalized spacial score (nSPS) is 24.9. The highest BCUT2D eigenvalue weighted by Gasteiger charge is 2.22. The molecule has 1 amide bonds. The fourth-order valence-corrected chi connectivity index (χ4v) is 3.43. The summed E-state index contributed by atoms with van der Waals surface area (Å²) in [6.07, 6.45) is 3.34. The first kappa shape index (κ1) is 14.3. The highest BCUT2D eigenvalue weighted by atomic mass is 32.2. The van der Waals surface area contributed by atoms with Crippen molar-refractivity contribution in [3.63, 3.8) is 0 Å². The third-order valence-corrected chi connectivity index (χ3v) is 4.67. The highest BCUT2D eigenvalue weighted by Crippen LogP contribution is 2.10. The Labute approximate surface area is 115 Å². The molecule has 19 heavy (non-hydrogen) atoms. The van der Waals surface area contributed by atoms with E-state index in [4.69, 9.17) is 4.42 Å². The van der Waals surface area contributed by atoms with Gasteiger partial charge in [-0.25, -0.2) is 0 Å². The monoisotopic (exact) mass is 284 g/mol. The minimum Gasteiger partial charge on any atom is -0.467 e. The fraction of sp³-hybridized carbons (Fsp3) is 0.615. The molecular formula is C13H20N2O3S. The second kappa shape index (κ2) is 6.86. The molecular weight excluding hydrogens is 264 g/mol. The van der Waals surface area contributed by atoms with Crippen LogP contribution in [0.25, 0.3) is 0 Å². The molecule has 0 radical (unpaired) electrons. The zero-order valence-corrected chi connectivity index (χ0v) is 11.9. The van der Waals surface area contributed by atoms with E-state index in [9.17, 15) is 9.00 Å². The van der Waals surface area contributed by atoms with Crippen LogP contribution < -0.4 is 10.6 Å². The third-order valence-electron chi connectivity index (χ3n) is 3.28. The maximum Gasteiger partial charge on any atom is 0.237 e. The lowest BCUT2D eigenvalue weighted by Gasteiger charge is -2.25. The van der Waals surface area contributed by atoms with Crippen LogP contribution in [-0.2, 0) is 22.1 Å². The van der Waals surface area contributed by atoms with Gasteiger partial charge in [0.1, 0.15) is 5.76 Å². The van der Waals surface area contributed by atoms with E-state index in [2.05, 4.69) is 10.6 Å². The van der Waals surface area contributed by atoms with Crippen LogP contribution in [0.15, 0.2) is 22.8 Å². The molecule has 1 aromatic rings. The lowest BCUT2D eigenvalue weighted by molar-refractivity contribution is -0.123. The minimum absolute atomic E-state index is 0.0388. The van der Waals surface area contributed by atoms with Crippen molar-refractivity contribution in [3.8, 4) is 0 Å².